The average Bonchev–Trinajstić information content (AvgIpc) is 3.14. The molecule has 6 heteroatoms. The second kappa shape index (κ2) is 9.15. The van der Waals surface area contributed by atoms with Crippen LogP contribution >= 0.6 is 0 Å². The highest BCUT2D eigenvalue weighted by atomic mass is 16.5. The third-order valence-corrected chi connectivity index (χ3v) is 5.36. The van der Waals surface area contributed by atoms with Crippen LogP contribution in [-0.4, -0.2) is 28.7 Å². The van der Waals surface area contributed by atoms with Gasteiger partial charge < -0.3 is 15.0 Å². The summed E-state index contributed by atoms with van der Waals surface area (Å²) in [7, 11) is 1.50. The molecule has 1 aromatic heterocycles. The predicted molar refractivity (Wildman–Crippen MR) is 120 cm³/mol. The second-order valence-corrected chi connectivity index (χ2v) is 8.69. The molecule has 160 valence electrons. The Hall–Kier alpha value is -3.43. The van der Waals surface area contributed by atoms with Gasteiger partial charge in [-0.2, -0.15) is 5.26 Å². The van der Waals surface area contributed by atoms with Crippen molar-refractivity contribution in [2.24, 2.45) is 11.1 Å². The van der Waals surface area contributed by atoms with Gasteiger partial charge in [0.2, 0.25) is 5.91 Å². The molecule has 0 aliphatic rings. The van der Waals surface area contributed by atoms with Gasteiger partial charge in [0.25, 0.3) is 0 Å². The van der Waals surface area contributed by atoms with Crippen LogP contribution in [0.15, 0.2) is 60.8 Å². The molecule has 0 aliphatic carbocycles. The van der Waals surface area contributed by atoms with E-state index in [9.17, 15) is 4.79 Å². The molecule has 6 nitrogen and oxygen atoms in total. The van der Waals surface area contributed by atoms with Crippen LogP contribution in [0, 0.1) is 16.7 Å². The second-order valence-electron chi connectivity index (χ2n) is 8.69. The van der Waals surface area contributed by atoms with Crippen molar-refractivity contribution in [3.05, 3.63) is 77.7 Å². The summed E-state index contributed by atoms with van der Waals surface area (Å²) in [4.78, 5) is 17.2. The van der Waals surface area contributed by atoms with E-state index in [2.05, 4.69) is 43.5 Å². The van der Waals surface area contributed by atoms with E-state index in [-0.39, 0.29) is 11.3 Å². The minimum Gasteiger partial charge on any atom is -0.371 e. The zero-order valence-corrected chi connectivity index (χ0v) is 18.4. The largest absolute Gasteiger partial charge is 0.371 e. The maximum Gasteiger partial charge on any atom is 0.247 e. The number of amides is 1. The standard InChI is InChI=1S/C25H28N4O2/c1-25(2,3)21(22(31-4)23(27)30)24-28-20(19-12-10-17(14-26)11-13-19)16-29(24)15-18-8-6-5-7-9-18/h5-13,16,21-22H,15H2,1-4H3,(H2,27,30)/t21-,22?/m0/s1. The van der Waals surface area contributed by atoms with Crippen molar-refractivity contribution in [3.8, 4) is 17.3 Å². The van der Waals surface area contributed by atoms with E-state index in [4.69, 9.17) is 20.7 Å². The Morgan fingerprint density at radius 1 is 1.16 bits per heavy atom. The molecule has 0 aliphatic heterocycles. The molecule has 0 spiro atoms. The molecule has 0 fully saturated rings. The van der Waals surface area contributed by atoms with Gasteiger partial charge in [0.15, 0.2) is 0 Å². The van der Waals surface area contributed by atoms with Gasteiger partial charge in [-0.1, -0.05) is 63.2 Å². The van der Waals surface area contributed by atoms with Crippen LogP contribution < -0.4 is 5.73 Å². The molecule has 1 amide bonds. The normalized spacial score (nSPS) is 13.4. The van der Waals surface area contributed by atoms with Crippen LogP contribution in [0.25, 0.3) is 11.3 Å². The highest BCUT2D eigenvalue weighted by Crippen LogP contribution is 2.39. The van der Waals surface area contributed by atoms with Gasteiger partial charge in [-0.05, 0) is 23.1 Å². The van der Waals surface area contributed by atoms with E-state index in [1.54, 1.807) is 12.1 Å². The minimum absolute atomic E-state index is 0.336. The van der Waals surface area contributed by atoms with Crippen molar-refractivity contribution in [2.75, 3.05) is 7.11 Å². The number of hydrogen-bond acceptors (Lipinski definition) is 4. The monoisotopic (exact) mass is 416 g/mol. The van der Waals surface area contributed by atoms with Crippen LogP contribution in [-0.2, 0) is 16.1 Å². The molecule has 2 N–H and O–H groups in total. The lowest BCUT2D eigenvalue weighted by Gasteiger charge is -2.34. The van der Waals surface area contributed by atoms with Crippen LogP contribution in [0.1, 0.15) is 43.6 Å². The van der Waals surface area contributed by atoms with Crippen LogP contribution in [0.4, 0.5) is 0 Å². The van der Waals surface area contributed by atoms with Gasteiger partial charge in [0.1, 0.15) is 11.9 Å². The smallest absolute Gasteiger partial charge is 0.247 e. The van der Waals surface area contributed by atoms with E-state index in [1.807, 2.05) is 36.5 Å². The lowest BCUT2D eigenvalue weighted by molar-refractivity contribution is -0.131. The third-order valence-electron chi connectivity index (χ3n) is 5.36. The molecule has 2 atom stereocenters. The number of carbonyl (C=O) groups excluding carboxylic acids is 1. The first-order valence-corrected chi connectivity index (χ1v) is 10.2. The Labute approximate surface area is 183 Å². The number of rotatable bonds is 7. The zero-order valence-electron chi connectivity index (χ0n) is 18.4. The first-order valence-electron chi connectivity index (χ1n) is 10.2. The van der Waals surface area contributed by atoms with Crippen molar-refractivity contribution in [1.29, 1.82) is 5.26 Å². The molecule has 0 saturated heterocycles. The number of benzene rings is 2. The topological polar surface area (TPSA) is 93.9 Å². The van der Waals surface area contributed by atoms with Gasteiger partial charge in [-0.15, -0.1) is 0 Å². The Bertz CT molecular complexity index is 1070. The fourth-order valence-electron chi connectivity index (χ4n) is 3.83. The maximum atomic E-state index is 12.2. The number of methoxy groups -OCH3 is 1. The number of hydrogen-bond donors (Lipinski definition) is 1. The van der Waals surface area contributed by atoms with E-state index in [1.165, 1.54) is 7.11 Å². The Morgan fingerprint density at radius 3 is 2.32 bits per heavy atom. The number of nitrogens with zero attached hydrogens (tertiary/aromatic N) is 3. The average molecular weight is 417 g/mol. The molecule has 3 aromatic rings. The van der Waals surface area contributed by atoms with E-state index < -0.39 is 12.0 Å². The van der Waals surface area contributed by atoms with Gasteiger partial charge in [0, 0.05) is 25.4 Å². The van der Waals surface area contributed by atoms with Gasteiger partial charge in [-0.25, -0.2) is 4.98 Å². The summed E-state index contributed by atoms with van der Waals surface area (Å²) in [6.45, 7) is 6.75. The number of nitriles is 1. The molecule has 0 radical (unpaired) electrons. The Kier molecular flexibility index (Phi) is 6.57. The Morgan fingerprint density at radius 2 is 1.81 bits per heavy atom. The zero-order chi connectivity index (χ0) is 22.6. The van der Waals surface area contributed by atoms with Gasteiger partial charge in [-0.3, -0.25) is 4.79 Å². The number of primary amides is 1. The Balaban J connectivity index is 2.15. The number of imidazole rings is 1. The first kappa shape index (κ1) is 22.3. The molecule has 1 unspecified atom stereocenters. The lowest BCUT2D eigenvalue weighted by Crippen LogP contribution is -2.42. The summed E-state index contributed by atoms with van der Waals surface area (Å²) in [6, 6.07) is 19.5. The molecular weight excluding hydrogens is 388 g/mol. The molecule has 1 heterocycles. The summed E-state index contributed by atoms with van der Waals surface area (Å²) in [5, 5.41) is 9.09. The quantitative estimate of drug-likeness (QED) is 0.627. The summed E-state index contributed by atoms with van der Waals surface area (Å²) in [6.07, 6.45) is 1.17. The van der Waals surface area contributed by atoms with Gasteiger partial charge in [0.05, 0.1) is 23.2 Å². The van der Waals surface area contributed by atoms with E-state index >= 15 is 0 Å². The predicted octanol–water partition coefficient (Wildman–Crippen LogP) is 4.10. The summed E-state index contributed by atoms with van der Waals surface area (Å²) in [5.41, 5.74) is 8.74. The molecule has 31 heavy (non-hydrogen) atoms. The van der Waals surface area contributed by atoms with Gasteiger partial charge >= 0.3 is 0 Å². The summed E-state index contributed by atoms with van der Waals surface area (Å²) >= 11 is 0. The number of nitrogens with two attached hydrogens (primary N) is 1. The van der Waals surface area contributed by atoms with Crippen molar-refractivity contribution in [1.82, 2.24) is 9.55 Å². The molecule has 3 rings (SSSR count). The SMILES string of the molecule is COC(C(N)=O)[C@@H](c1nc(-c2ccc(C#N)cc2)cn1Cc1ccccc1)C(C)(C)C. The molecule has 0 saturated carbocycles. The minimum atomic E-state index is -0.814. The van der Waals surface area contributed by atoms with Crippen molar-refractivity contribution in [2.45, 2.75) is 39.3 Å². The molecule has 0 bridgehead atoms. The fraction of sp³-hybridized carbons (Fsp3) is 0.320. The third kappa shape index (κ3) is 5.01. The summed E-state index contributed by atoms with van der Waals surface area (Å²) < 4.78 is 7.60. The highest BCUT2D eigenvalue weighted by Gasteiger charge is 2.40. The molecule has 2 aromatic carbocycles. The fourth-order valence-corrected chi connectivity index (χ4v) is 3.83. The first-order chi connectivity index (χ1) is 14.7. The van der Waals surface area contributed by atoms with E-state index in [0.717, 1.165) is 22.6 Å². The number of ether oxygens (including phenoxy) is 1. The lowest BCUT2D eigenvalue weighted by atomic mass is 9.76. The molecular formula is C25H28N4O2. The van der Waals surface area contributed by atoms with Crippen molar-refractivity contribution >= 4 is 5.91 Å². The van der Waals surface area contributed by atoms with Crippen molar-refractivity contribution < 1.29 is 9.53 Å². The number of carbonyl (C=O) groups is 1. The number of aromatic nitrogens is 2. The van der Waals surface area contributed by atoms with Crippen LogP contribution in [0.2, 0.25) is 0 Å². The highest BCUT2D eigenvalue weighted by molar-refractivity contribution is 5.80. The van der Waals surface area contributed by atoms with Crippen LogP contribution in [0.5, 0.6) is 0 Å². The van der Waals surface area contributed by atoms with E-state index in [0.29, 0.717) is 12.1 Å². The summed E-state index contributed by atoms with van der Waals surface area (Å²) in [5.74, 6) is -0.135. The van der Waals surface area contributed by atoms with Crippen LogP contribution in [0.3, 0.4) is 0 Å². The van der Waals surface area contributed by atoms with Crippen molar-refractivity contribution in [3.63, 3.8) is 0 Å². The maximum absolute atomic E-state index is 12.2.